The van der Waals surface area contributed by atoms with Crippen LogP contribution < -0.4 is 15.8 Å². The summed E-state index contributed by atoms with van der Waals surface area (Å²) in [6.07, 6.45) is 6.30. The van der Waals surface area contributed by atoms with Crippen molar-refractivity contribution < 1.29 is 13.9 Å². The number of halogens is 1. The van der Waals surface area contributed by atoms with Crippen LogP contribution in [-0.4, -0.2) is 44.0 Å². The fourth-order valence-electron chi connectivity index (χ4n) is 3.34. The van der Waals surface area contributed by atoms with Gasteiger partial charge in [-0.1, -0.05) is 0 Å². The van der Waals surface area contributed by atoms with E-state index in [1.807, 2.05) is 0 Å². The van der Waals surface area contributed by atoms with Gasteiger partial charge in [0, 0.05) is 30.8 Å². The summed E-state index contributed by atoms with van der Waals surface area (Å²) in [5.74, 6) is -0.246. The summed E-state index contributed by atoms with van der Waals surface area (Å²) in [6.45, 7) is 0. The predicted octanol–water partition coefficient (Wildman–Crippen LogP) is 2.43. The number of pyridine rings is 1. The molecule has 10 heteroatoms. The van der Waals surface area contributed by atoms with Gasteiger partial charge in [0.05, 0.1) is 46.5 Å². The number of aromatic nitrogens is 5. The van der Waals surface area contributed by atoms with Crippen LogP contribution in [0.1, 0.15) is 23.2 Å². The van der Waals surface area contributed by atoms with Crippen LogP contribution in [0.2, 0.25) is 0 Å². The van der Waals surface area contributed by atoms with E-state index < -0.39 is 5.82 Å². The summed E-state index contributed by atoms with van der Waals surface area (Å²) in [4.78, 5) is 20.7. The SMILES string of the molecule is CNC(=O)c1cnc(N)c2[nH]c(-c3c(F)cc(-n4nccn4)cc3OC3CC3)cc12. The number of amides is 1. The number of aromatic amines is 1. The normalized spacial score (nSPS) is 13.5. The lowest BCUT2D eigenvalue weighted by molar-refractivity contribution is 0.0964. The van der Waals surface area contributed by atoms with Gasteiger partial charge >= 0.3 is 0 Å². The van der Waals surface area contributed by atoms with Crippen molar-refractivity contribution in [1.82, 2.24) is 30.3 Å². The van der Waals surface area contributed by atoms with E-state index in [2.05, 4.69) is 25.5 Å². The first-order valence-corrected chi connectivity index (χ1v) is 9.41. The molecule has 1 fully saturated rings. The van der Waals surface area contributed by atoms with Crippen molar-refractivity contribution in [1.29, 1.82) is 0 Å². The van der Waals surface area contributed by atoms with E-state index in [1.54, 1.807) is 12.1 Å². The average molecular weight is 407 g/mol. The quantitative estimate of drug-likeness (QED) is 0.467. The highest BCUT2D eigenvalue weighted by molar-refractivity contribution is 6.09. The van der Waals surface area contributed by atoms with Gasteiger partial charge in [-0.15, -0.1) is 0 Å². The number of ether oxygens (including phenoxy) is 1. The molecule has 1 aliphatic carbocycles. The number of hydrogen-bond donors (Lipinski definition) is 3. The molecule has 5 rings (SSSR count). The monoisotopic (exact) mass is 407 g/mol. The molecule has 1 saturated carbocycles. The van der Waals surface area contributed by atoms with Crippen LogP contribution in [0.3, 0.4) is 0 Å². The zero-order valence-corrected chi connectivity index (χ0v) is 16.0. The molecule has 0 atom stereocenters. The Labute approximate surface area is 170 Å². The van der Waals surface area contributed by atoms with Crippen LogP contribution in [0.25, 0.3) is 27.8 Å². The second kappa shape index (κ2) is 6.83. The van der Waals surface area contributed by atoms with Crippen molar-refractivity contribution in [3.63, 3.8) is 0 Å². The molecule has 4 N–H and O–H groups in total. The molecule has 4 aromatic rings. The number of carbonyl (C=O) groups is 1. The predicted molar refractivity (Wildman–Crippen MR) is 108 cm³/mol. The molecule has 0 spiro atoms. The second-order valence-corrected chi connectivity index (χ2v) is 7.04. The molecule has 9 nitrogen and oxygen atoms in total. The van der Waals surface area contributed by atoms with E-state index in [0.717, 1.165) is 12.8 Å². The van der Waals surface area contributed by atoms with Gasteiger partial charge in [0.1, 0.15) is 17.4 Å². The van der Waals surface area contributed by atoms with E-state index in [0.29, 0.717) is 33.6 Å². The largest absolute Gasteiger partial charge is 0.490 e. The minimum atomic E-state index is -0.514. The Morgan fingerprint density at radius 2 is 2.07 bits per heavy atom. The lowest BCUT2D eigenvalue weighted by Gasteiger charge is -2.13. The van der Waals surface area contributed by atoms with Gasteiger partial charge < -0.3 is 20.8 Å². The molecule has 0 radical (unpaired) electrons. The first kappa shape index (κ1) is 18.1. The van der Waals surface area contributed by atoms with Gasteiger partial charge in [0.2, 0.25) is 0 Å². The Kier molecular flexibility index (Phi) is 4.12. The van der Waals surface area contributed by atoms with E-state index in [4.69, 9.17) is 10.5 Å². The molecule has 0 bridgehead atoms. The van der Waals surface area contributed by atoms with Gasteiger partial charge in [-0.2, -0.15) is 15.0 Å². The smallest absolute Gasteiger partial charge is 0.253 e. The molecule has 1 aromatic carbocycles. The summed E-state index contributed by atoms with van der Waals surface area (Å²) in [5, 5.41) is 11.2. The summed E-state index contributed by atoms with van der Waals surface area (Å²) < 4.78 is 21.3. The molecular weight excluding hydrogens is 389 g/mol. The van der Waals surface area contributed by atoms with Crippen LogP contribution in [0.15, 0.2) is 36.8 Å². The molecule has 30 heavy (non-hydrogen) atoms. The lowest BCUT2D eigenvalue weighted by Crippen LogP contribution is -2.18. The number of H-pyrrole nitrogens is 1. The third kappa shape index (κ3) is 3.02. The Morgan fingerprint density at radius 1 is 1.30 bits per heavy atom. The first-order chi connectivity index (χ1) is 14.5. The van der Waals surface area contributed by atoms with Crippen LogP contribution in [-0.2, 0) is 0 Å². The Bertz CT molecular complexity index is 1260. The van der Waals surface area contributed by atoms with Crippen LogP contribution >= 0.6 is 0 Å². The van der Waals surface area contributed by atoms with Gasteiger partial charge in [-0.25, -0.2) is 9.37 Å². The molecule has 1 amide bonds. The number of carbonyl (C=O) groups excluding carboxylic acids is 1. The standard InChI is InChI=1S/C20H18FN7O2/c1-23-20(29)13-9-24-19(22)18-12(13)8-15(27-18)17-14(21)6-10(28-25-4-5-26-28)7-16(17)30-11-2-3-11/h4-9,11,27H,2-3H2,1H3,(H2,22,24)(H,23,29). The number of nitrogens with one attached hydrogen (secondary N) is 2. The number of nitrogens with two attached hydrogens (primary N) is 1. The van der Waals surface area contributed by atoms with Crippen molar-refractivity contribution in [2.24, 2.45) is 0 Å². The number of nitrogens with zero attached hydrogens (tertiary/aromatic N) is 4. The highest BCUT2D eigenvalue weighted by Crippen LogP contribution is 2.40. The van der Waals surface area contributed by atoms with Crippen molar-refractivity contribution >= 4 is 22.6 Å². The molecular formula is C20H18FN7O2. The number of hydrogen-bond acceptors (Lipinski definition) is 6. The third-order valence-corrected chi connectivity index (χ3v) is 4.94. The fourth-order valence-corrected chi connectivity index (χ4v) is 3.34. The van der Waals surface area contributed by atoms with E-state index in [1.165, 1.54) is 36.5 Å². The average Bonchev–Trinajstić information content (AvgIpc) is 3.20. The summed E-state index contributed by atoms with van der Waals surface area (Å²) in [7, 11) is 1.53. The van der Waals surface area contributed by atoms with Crippen LogP contribution in [0.4, 0.5) is 10.2 Å². The number of rotatable bonds is 5. The molecule has 3 heterocycles. The summed E-state index contributed by atoms with van der Waals surface area (Å²) >= 11 is 0. The van der Waals surface area contributed by atoms with Gasteiger partial charge in [-0.3, -0.25) is 4.79 Å². The Hall–Kier alpha value is -3.95. The number of benzene rings is 1. The minimum absolute atomic E-state index is 0.0431. The molecule has 0 aliphatic heterocycles. The zero-order valence-electron chi connectivity index (χ0n) is 16.0. The lowest BCUT2D eigenvalue weighted by atomic mass is 10.1. The van der Waals surface area contributed by atoms with Gasteiger partial charge in [0.25, 0.3) is 5.91 Å². The van der Waals surface area contributed by atoms with Gasteiger partial charge in [-0.05, 0) is 18.9 Å². The highest BCUT2D eigenvalue weighted by atomic mass is 19.1. The minimum Gasteiger partial charge on any atom is -0.490 e. The third-order valence-electron chi connectivity index (χ3n) is 4.94. The van der Waals surface area contributed by atoms with E-state index in [9.17, 15) is 4.79 Å². The molecule has 152 valence electrons. The highest BCUT2D eigenvalue weighted by Gasteiger charge is 2.27. The number of fused-ring (bicyclic) bond motifs is 1. The fraction of sp³-hybridized carbons (Fsp3) is 0.200. The maximum atomic E-state index is 15.3. The van der Waals surface area contributed by atoms with Crippen LogP contribution in [0.5, 0.6) is 5.75 Å². The van der Waals surface area contributed by atoms with E-state index in [-0.39, 0.29) is 23.4 Å². The Balaban J connectivity index is 1.70. The van der Waals surface area contributed by atoms with Crippen LogP contribution in [0, 0.1) is 5.82 Å². The molecule has 0 unspecified atom stereocenters. The van der Waals surface area contributed by atoms with E-state index >= 15 is 4.39 Å². The summed E-state index contributed by atoms with van der Waals surface area (Å²) in [6, 6.07) is 4.72. The molecule has 3 aromatic heterocycles. The van der Waals surface area contributed by atoms with Crippen molar-refractivity contribution in [2.45, 2.75) is 18.9 Å². The zero-order chi connectivity index (χ0) is 20.8. The van der Waals surface area contributed by atoms with Crippen molar-refractivity contribution in [2.75, 3.05) is 12.8 Å². The maximum absolute atomic E-state index is 15.3. The van der Waals surface area contributed by atoms with Crippen molar-refractivity contribution in [3.05, 3.63) is 48.2 Å². The molecule has 0 saturated heterocycles. The topological polar surface area (TPSA) is 124 Å². The second-order valence-electron chi connectivity index (χ2n) is 7.04. The number of anilines is 1. The van der Waals surface area contributed by atoms with Gasteiger partial charge in [0.15, 0.2) is 0 Å². The number of nitrogen functional groups attached to an aromatic ring is 1. The van der Waals surface area contributed by atoms with Crippen molar-refractivity contribution in [3.8, 4) is 22.7 Å². The molecule has 1 aliphatic rings. The maximum Gasteiger partial charge on any atom is 0.253 e. The Morgan fingerprint density at radius 3 is 2.77 bits per heavy atom. The first-order valence-electron chi connectivity index (χ1n) is 9.41. The summed E-state index contributed by atoms with van der Waals surface area (Å²) in [5.41, 5.74) is 7.92.